The van der Waals surface area contributed by atoms with Crippen molar-refractivity contribution in [3.8, 4) is 0 Å². The predicted molar refractivity (Wildman–Crippen MR) is 67.7 cm³/mol. The van der Waals surface area contributed by atoms with Crippen LogP contribution in [0.25, 0.3) is 0 Å². The molecule has 6 heteroatoms. The van der Waals surface area contributed by atoms with Crippen molar-refractivity contribution in [3.63, 3.8) is 0 Å². The van der Waals surface area contributed by atoms with E-state index >= 15 is 0 Å². The summed E-state index contributed by atoms with van der Waals surface area (Å²) in [6.45, 7) is 3.93. The van der Waals surface area contributed by atoms with Crippen LogP contribution in [-0.2, 0) is 16.0 Å². The molecule has 1 heterocycles. The second-order valence-corrected chi connectivity index (χ2v) is 4.82. The maximum Gasteiger partial charge on any atom is 0.228 e. The van der Waals surface area contributed by atoms with Gasteiger partial charge in [0.2, 0.25) is 11.8 Å². The standard InChI is InChI=1S/C11H17N3O2S/c1-3-4-7(2)10(16)14-11-13-8(6-17-11)5-9(12)15/h6-7H,3-5H2,1-2H3,(H2,12,15)(H,13,14,16). The summed E-state index contributed by atoms with van der Waals surface area (Å²) in [5.74, 6) is -0.483. The number of amides is 2. The van der Waals surface area contributed by atoms with Gasteiger partial charge in [0, 0.05) is 11.3 Å². The topological polar surface area (TPSA) is 85.1 Å². The van der Waals surface area contributed by atoms with Crippen LogP contribution in [0.1, 0.15) is 32.4 Å². The van der Waals surface area contributed by atoms with Crippen molar-refractivity contribution in [1.29, 1.82) is 0 Å². The van der Waals surface area contributed by atoms with E-state index in [1.807, 2.05) is 13.8 Å². The summed E-state index contributed by atoms with van der Waals surface area (Å²) >= 11 is 1.30. The lowest BCUT2D eigenvalue weighted by Gasteiger charge is -2.08. The molecule has 0 saturated heterocycles. The van der Waals surface area contributed by atoms with Gasteiger partial charge in [0.15, 0.2) is 5.13 Å². The van der Waals surface area contributed by atoms with Crippen LogP contribution in [0.5, 0.6) is 0 Å². The molecule has 0 fully saturated rings. The third kappa shape index (κ3) is 4.52. The molecule has 1 unspecified atom stereocenters. The molecule has 0 bridgehead atoms. The Hall–Kier alpha value is -1.43. The summed E-state index contributed by atoms with van der Waals surface area (Å²) in [7, 11) is 0. The molecule has 0 saturated carbocycles. The second-order valence-electron chi connectivity index (χ2n) is 3.97. The van der Waals surface area contributed by atoms with Crippen LogP contribution in [0.15, 0.2) is 5.38 Å². The van der Waals surface area contributed by atoms with Crippen LogP contribution in [-0.4, -0.2) is 16.8 Å². The number of carbonyl (C=O) groups is 2. The fraction of sp³-hybridized carbons (Fsp3) is 0.545. The lowest BCUT2D eigenvalue weighted by molar-refractivity contribution is -0.119. The minimum Gasteiger partial charge on any atom is -0.369 e. The number of anilines is 1. The number of nitrogens with two attached hydrogens (primary N) is 1. The highest BCUT2D eigenvalue weighted by atomic mass is 32.1. The van der Waals surface area contributed by atoms with Crippen molar-refractivity contribution in [2.24, 2.45) is 11.7 Å². The van der Waals surface area contributed by atoms with Gasteiger partial charge >= 0.3 is 0 Å². The highest BCUT2D eigenvalue weighted by Gasteiger charge is 2.13. The first-order chi connectivity index (χ1) is 8.02. The lowest BCUT2D eigenvalue weighted by atomic mass is 10.1. The number of thiazole rings is 1. The molecular weight excluding hydrogens is 238 g/mol. The van der Waals surface area contributed by atoms with Gasteiger partial charge < -0.3 is 11.1 Å². The van der Waals surface area contributed by atoms with Gasteiger partial charge in [-0.25, -0.2) is 4.98 Å². The van der Waals surface area contributed by atoms with Gasteiger partial charge in [0.05, 0.1) is 12.1 Å². The van der Waals surface area contributed by atoms with E-state index in [0.717, 1.165) is 12.8 Å². The Morgan fingerprint density at radius 1 is 1.59 bits per heavy atom. The Labute approximate surface area is 104 Å². The lowest BCUT2D eigenvalue weighted by Crippen LogP contribution is -2.20. The van der Waals surface area contributed by atoms with Gasteiger partial charge in [0.25, 0.3) is 0 Å². The zero-order chi connectivity index (χ0) is 12.8. The number of aromatic nitrogens is 1. The minimum atomic E-state index is -0.424. The van der Waals surface area contributed by atoms with Gasteiger partial charge in [-0.1, -0.05) is 20.3 Å². The summed E-state index contributed by atoms with van der Waals surface area (Å²) in [4.78, 5) is 26.5. The average molecular weight is 255 g/mol. The molecule has 1 atom stereocenters. The highest BCUT2D eigenvalue weighted by Crippen LogP contribution is 2.17. The molecule has 5 nitrogen and oxygen atoms in total. The molecule has 0 aromatic carbocycles. The first-order valence-electron chi connectivity index (χ1n) is 5.56. The molecule has 1 aromatic heterocycles. The van der Waals surface area contributed by atoms with Crippen LogP contribution in [0.3, 0.4) is 0 Å². The van der Waals surface area contributed by atoms with Crippen molar-refractivity contribution in [1.82, 2.24) is 4.98 Å². The molecule has 3 N–H and O–H groups in total. The molecule has 2 amide bonds. The third-order valence-corrected chi connectivity index (χ3v) is 3.11. The van der Waals surface area contributed by atoms with E-state index in [0.29, 0.717) is 10.8 Å². The molecule has 0 aliphatic carbocycles. The van der Waals surface area contributed by atoms with E-state index in [1.54, 1.807) is 5.38 Å². The monoisotopic (exact) mass is 255 g/mol. The zero-order valence-electron chi connectivity index (χ0n) is 10.0. The van der Waals surface area contributed by atoms with E-state index in [9.17, 15) is 9.59 Å². The van der Waals surface area contributed by atoms with E-state index < -0.39 is 5.91 Å². The van der Waals surface area contributed by atoms with Crippen molar-refractivity contribution in [2.75, 3.05) is 5.32 Å². The number of primary amides is 1. The quantitative estimate of drug-likeness (QED) is 0.808. The molecule has 1 aromatic rings. The Kier molecular flexibility index (Phi) is 5.09. The van der Waals surface area contributed by atoms with Crippen molar-refractivity contribution < 1.29 is 9.59 Å². The maximum absolute atomic E-state index is 11.7. The summed E-state index contributed by atoms with van der Waals surface area (Å²) < 4.78 is 0. The Morgan fingerprint density at radius 3 is 2.88 bits per heavy atom. The van der Waals surface area contributed by atoms with Crippen molar-refractivity contribution in [3.05, 3.63) is 11.1 Å². The second kappa shape index (κ2) is 6.34. The molecular formula is C11H17N3O2S. The fourth-order valence-electron chi connectivity index (χ4n) is 1.42. The summed E-state index contributed by atoms with van der Waals surface area (Å²) in [5, 5.41) is 4.99. The normalized spacial score (nSPS) is 12.1. The molecule has 0 spiro atoms. The van der Waals surface area contributed by atoms with Gasteiger partial charge in [0.1, 0.15) is 0 Å². The molecule has 94 valence electrons. The number of hydrogen-bond donors (Lipinski definition) is 2. The number of hydrogen-bond acceptors (Lipinski definition) is 4. The number of nitrogens with one attached hydrogen (secondary N) is 1. The summed E-state index contributed by atoms with van der Waals surface area (Å²) in [6.07, 6.45) is 1.93. The van der Waals surface area contributed by atoms with Crippen molar-refractivity contribution in [2.45, 2.75) is 33.1 Å². The maximum atomic E-state index is 11.7. The molecule has 1 rings (SSSR count). The van der Waals surface area contributed by atoms with Crippen LogP contribution < -0.4 is 11.1 Å². The van der Waals surface area contributed by atoms with Crippen molar-refractivity contribution >= 4 is 28.3 Å². The Bertz CT molecular complexity index is 403. The third-order valence-electron chi connectivity index (χ3n) is 2.31. The Balaban J connectivity index is 2.54. The smallest absolute Gasteiger partial charge is 0.228 e. The number of rotatable bonds is 6. The summed E-state index contributed by atoms with van der Waals surface area (Å²) in [6, 6.07) is 0. The van der Waals surface area contributed by atoms with Crippen LogP contribution >= 0.6 is 11.3 Å². The summed E-state index contributed by atoms with van der Waals surface area (Å²) in [5.41, 5.74) is 5.66. The first-order valence-corrected chi connectivity index (χ1v) is 6.44. The van der Waals surface area contributed by atoms with Gasteiger partial charge in [-0.3, -0.25) is 9.59 Å². The van der Waals surface area contributed by atoms with E-state index in [4.69, 9.17) is 5.73 Å². The van der Waals surface area contributed by atoms with Crippen LogP contribution in [0, 0.1) is 5.92 Å². The molecule has 0 aliphatic heterocycles. The first kappa shape index (κ1) is 13.6. The fourth-order valence-corrected chi connectivity index (χ4v) is 2.13. The predicted octanol–water partition coefficient (Wildman–Crippen LogP) is 1.55. The number of nitrogens with zero attached hydrogens (tertiary/aromatic N) is 1. The SMILES string of the molecule is CCCC(C)C(=O)Nc1nc(CC(N)=O)cs1. The molecule has 17 heavy (non-hydrogen) atoms. The van der Waals surface area contributed by atoms with Crippen LogP contribution in [0.4, 0.5) is 5.13 Å². The van der Waals surface area contributed by atoms with E-state index in [1.165, 1.54) is 11.3 Å². The molecule has 0 radical (unpaired) electrons. The largest absolute Gasteiger partial charge is 0.369 e. The average Bonchev–Trinajstić information content (AvgIpc) is 2.64. The number of carbonyl (C=O) groups excluding carboxylic acids is 2. The zero-order valence-corrected chi connectivity index (χ0v) is 10.8. The Morgan fingerprint density at radius 2 is 2.29 bits per heavy atom. The van der Waals surface area contributed by atoms with Gasteiger partial charge in [-0.2, -0.15) is 0 Å². The van der Waals surface area contributed by atoms with E-state index in [2.05, 4.69) is 10.3 Å². The van der Waals surface area contributed by atoms with E-state index in [-0.39, 0.29) is 18.2 Å². The van der Waals surface area contributed by atoms with Gasteiger partial charge in [-0.05, 0) is 6.42 Å². The molecule has 0 aliphatic rings. The minimum absolute atomic E-state index is 0.0245. The van der Waals surface area contributed by atoms with Crippen LogP contribution in [0.2, 0.25) is 0 Å². The van der Waals surface area contributed by atoms with Gasteiger partial charge in [-0.15, -0.1) is 11.3 Å². The highest BCUT2D eigenvalue weighted by molar-refractivity contribution is 7.13.